The summed E-state index contributed by atoms with van der Waals surface area (Å²) in [6.45, 7) is 0.808. The van der Waals surface area contributed by atoms with Crippen LogP contribution >= 0.6 is 11.3 Å². The van der Waals surface area contributed by atoms with Gasteiger partial charge in [0.1, 0.15) is 5.75 Å². The lowest BCUT2D eigenvalue weighted by atomic mass is 9.99. The van der Waals surface area contributed by atoms with Crippen molar-refractivity contribution in [1.29, 1.82) is 0 Å². The molecule has 2 amide bonds. The Morgan fingerprint density at radius 2 is 2.23 bits per heavy atom. The van der Waals surface area contributed by atoms with Crippen molar-refractivity contribution in [3.05, 3.63) is 46.2 Å². The first-order valence-electron chi connectivity index (χ1n) is 7.55. The van der Waals surface area contributed by atoms with Crippen LogP contribution in [-0.2, 0) is 0 Å². The molecule has 0 spiro atoms. The molecule has 1 aromatic carbocycles. The molecule has 5 heteroatoms. The molecule has 1 aliphatic heterocycles. The molecule has 0 radical (unpaired) electrons. The maximum Gasteiger partial charge on any atom is 0.322 e. The molecular formula is C17H18N2O2S. The summed E-state index contributed by atoms with van der Waals surface area (Å²) in [6.07, 6.45) is 2.45. The largest absolute Gasteiger partial charge is 0.497 e. The van der Waals surface area contributed by atoms with E-state index >= 15 is 0 Å². The number of nitrogens with one attached hydrogen (secondary N) is 1. The number of hydrogen-bond acceptors (Lipinski definition) is 3. The fourth-order valence-corrected chi connectivity index (χ4v) is 3.74. The van der Waals surface area contributed by atoms with Gasteiger partial charge in [0, 0.05) is 17.0 Å². The Kier molecular flexibility index (Phi) is 3.30. The van der Waals surface area contributed by atoms with E-state index in [0.717, 1.165) is 28.4 Å². The lowest BCUT2D eigenvalue weighted by Gasteiger charge is -2.35. The highest BCUT2D eigenvalue weighted by Gasteiger charge is 2.35. The number of rotatable bonds is 4. The zero-order valence-corrected chi connectivity index (χ0v) is 13.2. The Labute approximate surface area is 133 Å². The molecule has 22 heavy (non-hydrogen) atoms. The molecular weight excluding hydrogens is 296 g/mol. The van der Waals surface area contributed by atoms with Crippen molar-refractivity contribution in [3.63, 3.8) is 0 Å². The number of urea groups is 1. The third-order valence-electron chi connectivity index (χ3n) is 4.31. The highest BCUT2D eigenvalue weighted by molar-refractivity contribution is 7.10. The zero-order valence-electron chi connectivity index (χ0n) is 12.4. The first-order chi connectivity index (χ1) is 10.8. The van der Waals surface area contributed by atoms with E-state index in [1.807, 2.05) is 34.5 Å². The average molecular weight is 314 g/mol. The van der Waals surface area contributed by atoms with Crippen molar-refractivity contribution >= 4 is 23.1 Å². The van der Waals surface area contributed by atoms with Crippen molar-refractivity contribution in [3.8, 4) is 5.75 Å². The Morgan fingerprint density at radius 3 is 2.91 bits per heavy atom. The molecule has 1 atom stereocenters. The van der Waals surface area contributed by atoms with E-state index in [9.17, 15) is 4.79 Å². The van der Waals surface area contributed by atoms with Gasteiger partial charge in [-0.15, -0.1) is 11.3 Å². The number of thiophene rings is 1. The van der Waals surface area contributed by atoms with Gasteiger partial charge in [0.05, 0.1) is 18.8 Å². The molecule has 0 bridgehead atoms. The number of fused-ring (bicyclic) bond motifs is 1. The first-order valence-corrected chi connectivity index (χ1v) is 8.43. The molecule has 0 saturated heterocycles. The summed E-state index contributed by atoms with van der Waals surface area (Å²) in [5.41, 5.74) is 2.12. The summed E-state index contributed by atoms with van der Waals surface area (Å²) < 4.78 is 5.37. The van der Waals surface area contributed by atoms with Crippen LogP contribution in [0.15, 0.2) is 35.7 Å². The van der Waals surface area contributed by atoms with Crippen LogP contribution in [0.5, 0.6) is 5.75 Å². The molecule has 1 N–H and O–H groups in total. The lowest BCUT2D eigenvalue weighted by molar-refractivity contribution is 0.242. The van der Waals surface area contributed by atoms with E-state index in [1.54, 1.807) is 18.4 Å². The number of hydrogen-bond donors (Lipinski definition) is 1. The van der Waals surface area contributed by atoms with Crippen molar-refractivity contribution in [2.24, 2.45) is 5.92 Å². The number of benzene rings is 1. The fraction of sp³-hybridized carbons (Fsp3) is 0.353. The van der Waals surface area contributed by atoms with Crippen molar-refractivity contribution in [1.82, 2.24) is 5.32 Å². The molecule has 1 fully saturated rings. The number of ether oxygens (including phenoxy) is 1. The van der Waals surface area contributed by atoms with E-state index in [4.69, 9.17) is 4.74 Å². The summed E-state index contributed by atoms with van der Waals surface area (Å²) in [4.78, 5) is 15.6. The summed E-state index contributed by atoms with van der Waals surface area (Å²) >= 11 is 1.66. The molecule has 1 aromatic heterocycles. The third-order valence-corrected chi connectivity index (χ3v) is 5.25. The summed E-state index contributed by atoms with van der Waals surface area (Å²) in [6, 6.07) is 9.98. The van der Waals surface area contributed by atoms with Gasteiger partial charge in [-0.05, 0) is 48.4 Å². The van der Waals surface area contributed by atoms with Crippen LogP contribution in [0.1, 0.15) is 29.3 Å². The number of methoxy groups -OCH3 is 1. The topological polar surface area (TPSA) is 41.6 Å². The number of carbonyl (C=O) groups excluding carboxylic acids is 1. The minimum Gasteiger partial charge on any atom is -0.497 e. The van der Waals surface area contributed by atoms with Gasteiger partial charge in [-0.1, -0.05) is 6.07 Å². The number of nitrogens with zero attached hydrogens (tertiary/aromatic N) is 1. The number of anilines is 1. The van der Waals surface area contributed by atoms with Gasteiger partial charge in [-0.2, -0.15) is 0 Å². The average Bonchev–Trinajstić information content (AvgIpc) is 3.19. The quantitative estimate of drug-likeness (QED) is 0.933. The fourth-order valence-electron chi connectivity index (χ4n) is 2.94. The van der Waals surface area contributed by atoms with Crippen LogP contribution < -0.4 is 15.0 Å². The maximum atomic E-state index is 12.6. The molecule has 2 heterocycles. The first kappa shape index (κ1) is 13.6. The Balaban J connectivity index is 1.78. The molecule has 4 rings (SSSR count). The van der Waals surface area contributed by atoms with Gasteiger partial charge in [0.15, 0.2) is 0 Å². The van der Waals surface area contributed by atoms with Crippen LogP contribution in [0.2, 0.25) is 0 Å². The van der Waals surface area contributed by atoms with E-state index < -0.39 is 0 Å². The third kappa shape index (κ3) is 2.35. The molecule has 1 saturated carbocycles. The van der Waals surface area contributed by atoms with E-state index in [-0.39, 0.29) is 12.1 Å². The van der Waals surface area contributed by atoms with Crippen LogP contribution in [0.25, 0.3) is 0 Å². The molecule has 1 unspecified atom stereocenters. The predicted octanol–water partition coefficient (Wildman–Crippen LogP) is 3.79. The van der Waals surface area contributed by atoms with E-state index in [0.29, 0.717) is 5.92 Å². The SMILES string of the molecule is COc1ccc2c(c1)C(c1cccs1)NC(=O)N2CC1CC1. The normalized spacial score (nSPS) is 20.5. The van der Waals surface area contributed by atoms with E-state index in [2.05, 4.69) is 11.4 Å². The van der Waals surface area contributed by atoms with Crippen molar-refractivity contribution < 1.29 is 9.53 Å². The standard InChI is InChI=1S/C17H18N2O2S/c1-21-12-6-7-14-13(9-12)16(15-3-2-8-22-15)18-17(20)19(14)10-11-4-5-11/h2-3,6-9,11,16H,4-5,10H2,1H3,(H,18,20). The second-order valence-electron chi connectivity index (χ2n) is 5.88. The summed E-state index contributed by atoms with van der Waals surface area (Å²) in [5, 5.41) is 5.19. The van der Waals surface area contributed by atoms with Gasteiger partial charge in [-0.25, -0.2) is 4.79 Å². The summed E-state index contributed by atoms with van der Waals surface area (Å²) in [5.74, 6) is 1.47. The van der Waals surface area contributed by atoms with Crippen LogP contribution in [0.4, 0.5) is 10.5 Å². The van der Waals surface area contributed by atoms with Gasteiger partial charge in [-0.3, -0.25) is 4.90 Å². The molecule has 114 valence electrons. The van der Waals surface area contributed by atoms with Crippen molar-refractivity contribution in [2.45, 2.75) is 18.9 Å². The predicted molar refractivity (Wildman–Crippen MR) is 87.8 cm³/mol. The van der Waals surface area contributed by atoms with Crippen LogP contribution in [0, 0.1) is 5.92 Å². The minimum atomic E-state index is -0.0898. The second kappa shape index (κ2) is 5.32. The monoisotopic (exact) mass is 314 g/mol. The Bertz CT molecular complexity index is 695. The molecule has 2 aromatic rings. The molecule has 2 aliphatic rings. The maximum absolute atomic E-state index is 12.6. The van der Waals surface area contributed by atoms with Gasteiger partial charge in [0.2, 0.25) is 0 Å². The summed E-state index contributed by atoms with van der Waals surface area (Å²) in [7, 11) is 1.67. The van der Waals surface area contributed by atoms with Gasteiger partial charge < -0.3 is 10.1 Å². The minimum absolute atomic E-state index is 0.00275. The number of amides is 2. The molecule has 1 aliphatic carbocycles. The van der Waals surface area contributed by atoms with Crippen molar-refractivity contribution in [2.75, 3.05) is 18.6 Å². The van der Waals surface area contributed by atoms with Crippen LogP contribution in [-0.4, -0.2) is 19.7 Å². The highest BCUT2D eigenvalue weighted by atomic mass is 32.1. The van der Waals surface area contributed by atoms with E-state index in [1.165, 1.54) is 12.8 Å². The molecule has 4 nitrogen and oxygen atoms in total. The Morgan fingerprint density at radius 1 is 1.36 bits per heavy atom. The Hall–Kier alpha value is -2.01. The van der Waals surface area contributed by atoms with Gasteiger partial charge >= 0.3 is 6.03 Å². The van der Waals surface area contributed by atoms with Crippen LogP contribution in [0.3, 0.4) is 0 Å². The second-order valence-corrected chi connectivity index (χ2v) is 6.86. The zero-order chi connectivity index (χ0) is 15.1. The van der Waals surface area contributed by atoms with Gasteiger partial charge in [0.25, 0.3) is 0 Å². The highest BCUT2D eigenvalue weighted by Crippen LogP contribution is 2.40. The smallest absolute Gasteiger partial charge is 0.322 e. The number of carbonyl (C=O) groups is 1. The lowest BCUT2D eigenvalue weighted by Crippen LogP contribution is -2.47.